The fourth-order valence-electron chi connectivity index (χ4n) is 1.96. The molecule has 0 saturated carbocycles. The fraction of sp³-hybridized carbons (Fsp3) is 0.800. The quantitative estimate of drug-likeness (QED) is 0.216. The molecular formula is C15H26F2O2Si. The van der Waals surface area contributed by atoms with Crippen LogP contribution in [0, 0.1) is 0 Å². The largest absolute Gasteiger partial charge is 0.460 e. The van der Waals surface area contributed by atoms with Crippen molar-refractivity contribution in [3.8, 4) is 0 Å². The monoisotopic (exact) mass is 304 g/mol. The van der Waals surface area contributed by atoms with Gasteiger partial charge in [0.15, 0.2) is 0 Å². The molecule has 5 heteroatoms. The molecule has 0 rings (SSSR count). The number of alkyl halides is 2. The zero-order valence-electron chi connectivity index (χ0n) is 12.4. The topological polar surface area (TPSA) is 26.3 Å². The molecule has 0 aliphatic heterocycles. The molecule has 0 saturated heterocycles. The van der Waals surface area contributed by atoms with Gasteiger partial charge in [0, 0.05) is 6.08 Å². The van der Waals surface area contributed by atoms with Gasteiger partial charge in [0.05, 0.1) is 6.10 Å². The Morgan fingerprint density at radius 2 is 1.70 bits per heavy atom. The molecule has 0 aromatic carbocycles. The van der Waals surface area contributed by atoms with Gasteiger partial charge in [0.25, 0.3) is 0 Å². The fourth-order valence-corrected chi connectivity index (χ4v) is 2.63. The zero-order valence-corrected chi connectivity index (χ0v) is 13.4. The molecular weight excluding hydrogens is 278 g/mol. The highest BCUT2D eigenvalue weighted by Gasteiger charge is 2.05. The first-order valence-corrected chi connectivity index (χ1v) is 8.69. The molecule has 116 valence electrons. The molecule has 0 bridgehead atoms. The summed E-state index contributed by atoms with van der Waals surface area (Å²) in [5, 5.41) is 0. The summed E-state index contributed by atoms with van der Waals surface area (Å²) in [5.74, 6) is -0.359. The second-order valence-corrected chi connectivity index (χ2v) is 6.31. The van der Waals surface area contributed by atoms with E-state index in [0.717, 1.165) is 38.5 Å². The number of hydrogen-bond acceptors (Lipinski definition) is 2. The van der Waals surface area contributed by atoms with Crippen LogP contribution in [0.15, 0.2) is 12.7 Å². The summed E-state index contributed by atoms with van der Waals surface area (Å²) in [6.45, 7) is 5.25. The third-order valence-corrected chi connectivity index (χ3v) is 4.02. The summed E-state index contributed by atoms with van der Waals surface area (Å²) in [6, 6.07) is -1.45. The van der Waals surface area contributed by atoms with Crippen LogP contribution in [0.4, 0.5) is 8.78 Å². The number of carbonyl (C=O) groups excluding carboxylic acids is 1. The maximum Gasteiger partial charge on any atom is 0.330 e. The number of rotatable bonds is 13. The molecule has 0 N–H and O–H groups in total. The van der Waals surface area contributed by atoms with Gasteiger partial charge in [-0.25, -0.2) is 13.6 Å². The molecule has 0 aliphatic carbocycles. The summed E-state index contributed by atoms with van der Waals surface area (Å²) in [7, 11) is -0.186. The third kappa shape index (κ3) is 13.7. The van der Waals surface area contributed by atoms with E-state index in [1.807, 2.05) is 6.92 Å². The molecule has 20 heavy (non-hydrogen) atoms. The molecule has 0 spiro atoms. The molecule has 2 nitrogen and oxygen atoms in total. The Morgan fingerprint density at radius 3 is 2.25 bits per heavy atom. The first-order chi connectivity index (χ1) is 9.56. The molecule has 2 radical (unpaired) electrons. The molecule has 1 unspecified atom stereocenters. The van der Waals surface area contributed by atoms with Gasteiger partial charge < -0.3 is 4.74 Å². The van der Waals surface area contributed by atoms with Crippen LogP contribution in [0.1, 0.15) is 58.3 Å². The molecule has 0 aromatic rings. The van der Waals surface area contributed by atoms with Gasteiger partial charge in [-0.2, -0.15) is 0 Å². The number of hydrogen-bond donors (Lipinski definition) is 0. The standard InChI is InChI=1S/C15H26F2O2Si/c1-3-14(18)19-13(2)11-9-7-5-4-6-8-10-12-20-15(16)17/h3,13,15H,1,4-12H2,2H3. The zero-order chi connectivity index (χ0) is 15.2. The molecule has 0 fully saturated rings. The van der Waals surface area contributed by atoms with Crippen LogP contribution in [0.3, 0.4) is 0 Å². The summed E-state index contributed by atoms with van der Waals surface area (Å²) in [6.07, 6.45) is 9.67. The van der Waals surface area contributed by atoms with Crippen molar-refractivity contribution >= 4 is 15.5 Å². The number of halogens is 2. The van der Waals surface area contributed by atoms with Crippen LogP contribution < -0.4 is 0 Å². The first kappa shape index (κ1) is 19.3. The Labute approximate surface area is 123 Å². The number of ether oxygens (including phenoxy) is 1. The minimum absolute atomic E-state index is 0.0455. The molecule has 0 aliphatic rings. The average molecular weight is 304 g/mol. The van der Waals surface area contributed by atoms with Crippen LogP contribution in [-0.4, -0.2) is 27.6 Å². The highest BCUT2D eigenvalue weighted by Crippen LogP contribution is 2.12. The van der Waals surface area contributed by atoms with Gasteiger partial charge in [-0.3, -0.25) is 0 Å². The third-order valence-electron chi connectivity index (χ3n) is 3.07. The first-order valence-electron chi connectivity index (χ1n) is 7.41. The summed E-state index contributed by atoms with van der Waals surface area (Å²) in [4.78, 5) is 10.9. The lowest BCUT2D eigenvalue weighted by Crippen LogP contribution is -2.12. The maximum atomic E-state index is 11.9. The van der Waals surface area contributed by atoms with Crippen LogP contribution in [0.5, 0.6) is 0 Å². The van der Waals surface area contributed by atoms with Gasteiger partial charge >= 0.3 is 5.97 Å². The SMILES string of the molecule is C=CC(=O)OC(C)CCCCCCCCC[Si]C(F)F. The normalized spacial score (nSPS) is 12.4. The minimum Gasteiger partial charge on any atom is -0.460 e. The lowest BCUT2D eigenvalue weighted by molar-refractivity contribution is -0.142. The van der Waals surface area contributed by atoms with Crippen molar-refractivity contribution in [1.82, 2.24) is 0 Å². The Hall–Kier alpha value is -0.713. The molecule has 0 aromatic heterocycles. The van der Waals surface area contributed by atoms with Crippen LogP contribution in [-0.2, 0) is 9.53 Å². The highest BCUT2D eigenvalue weighted by atomic mass is 28.2. The Balaban J connectivity index is 3.20. The van der Waals surface area contributed by atoms with Gasteiger partial charge in [-0.1, -0.05) is 51.1 Å². The van der Waals surface area contributed by atoms with E-state index < -0.39 is 6.05 Å². The van der Waals surface area contributed by atoms with Crippen molar-refractivity contribution < 1.29 is 18.3 Å². The second kappa shape index (κ2) is 13.3. The average Bonchev–Trinajstić information content (AvgIpc) is 2.40. The van der Waals surface area contributed by atoms with E-state index in [2.05, 4.69) is 6.58 Å². The summed E-state index contributed by atoms with van der Waals surface area (Å²) in [5.41, 5.74) is 0. The second-order valence-electron chi connectivity index (χ2n) is 4.97. The number of carbonyl (C=O) groups is 1. The summed E-state index contributed by atoms with van der Waals surface area (Å²) < 4.78 is 28.9. The highest BCUT2D eigenvalue weighted by molar-refractivity contribution is 6.36. The summed E-state index contributed by atoms with van der Waals surface area (Å²) >= 11 is 0. The smallest absolute Gasteiger partial charge is 0.330 e. The molecule has 0 heterocycles. The van der Waals surface area contributed by atoms with E-state index in [-0.39, 0.29) is 21.6 Å². The van der Waals surface area contributed by atoms with Crippen LogP contribution in [0.25, 0.3) is 0 Å². The number of esters is 1. The Morgan fingerprint density at radius 1 is 1.15 bits per heavy atom. The van der Waals surface area contributed by atoms with Crippen molar-refractivity contribution in [2.24, 2.45) is 0 Å². The van der Waals surface area contributed by atoms with E-state index in [1.165, 1.54) is 18.9 Å². The Bertz CT molecular complexity index is 260. The van der Waals surface area contributed by atoms with Crippen LogP contribution in [0.2, 0.25) is 6.04 Å². The van der Waals surface area contributed by atoms with Gasteiger partial charge in [0.2, 0.25) is 6.05 Å². The predicted octanol–water partition coefficient (Wildman–Crippen LogP) is 4.57. The Kier molecular flexibility index (Phi) is 12.8. The molecule has 1 atom stereocenters. The van der Waals surface area contributed by atoms with Crippen LogP contribution >= 0.6 is 0 Å². The minimum atomic E-state index is -2.12. The van der Waals surface area contributed by atoms with E-state index in [0.29, 0.717) is 6.04 Å². The van der Waals surface area contributed by atoms with Crippen molar-refractivity contribution in [2.45, 2.75) is 76.5 Å². The lowest BCUT2D eigenvalue weighted by Gasteiger charge is -2.11. The van der Waals surface area contributed by atoms with Gasteiger partial charge in [-0.05, 0) is 19.8 Å². The predicted molar refractivity (Wildman–Crippen MR) is 79.3 cm³/mol. The van der Waals surface area contributed by atoms with E-state index in [1.54, 1.807) is 0 Å². The maximum absolute atomic E-state index is 11.9. The van der Waals surface area contributed by atoms with E-state index in [4.69, 9.17) is 4.74 Å². The number of unbranched alkanes of at least 4 members (excludes halogenated alkanes) is 6. The van der Waals surface area contributed by atoms with Crippen molar-refractivity contribution in [3.05, 3.63) is 12.7 Å². The van der Waals surface area contributed by atoms with Crippen molar-refractivity contribution in [1.29, 1.82) is 0 Å². The van der Waals surface area contributed by atoms with Gasteiger partial charge in [0.1, 0.15) is 9.52 Å². The van der Waals surface area contributed by atoms with Gasteiger partial charge in [-0.15, -0.1) is 0 Å². The lowest BCUT2D eigenvalue weighted by atomic mass is 10.1. The van der Waals surface area contributed by atoms with E-state index >= 15 is 0 Å². The molecule has 0 amide bonds. The van der Waals surface area contributed by atoms with Crippen molar-refractivity contribution in [2.75, 3.05) is 0 Å². The van der Waals surface area contributed by atoms with Crippen molar-refractivity contribution in [3.63, 3.8) is 0 Å². The van der Waals surface area contributed by atoms with E-state index in [9.17, 15) is 13.6 Å².